The van der Waals surface area contributed by atoms with Gasteiger partial charge in [-0.1, -0.05) is 41.9 Å². The Kier molecular flexibility index (Phi) is 4.04. The standard InChI is InChI=1S/C23H16ClN2OS/c1-15-21(22(27)16-11-13-17(24)14-12-16)26-19-9-5-6-10-20(19)28-23(26)25(15)18-7-3-2-4-8-18/h2-14H,1H3/q+1. The molecule has 0 spiro atoms. The van der Waals surface area contributed by atoms with Crippen molar-refractivity contribution in [1.29, 1.82) is 0 Å². The molecule has 136 valence electrons. The highest BCUT2D eigenvalue weighted by molar-refractivity contribution is 7.23. The number of hydrogen-bond donors (Lipinski definition) is 0. The summed E-state index contributed by atoms with van der Waals surface area (Å²) in [6.07, 6.45) is 0. The van der Waals surface area contributed by atoms with Gasteiger partial charge < -0.3 is 0 Å². The van der Waals surface area contributed by atoms with Crippen LogP contribution in [0, 0.1) is 6.92 Å². The first-order valence-electron chi connectivity index (χ1n) is 8.95. The summed E-state index contributed by atoms with van der Waals surface area (Å²) < 4.78 is 5.39. The summed E-state index contributed by atoms with van der Waals surface area (Å²) in [5, 5.41) is 0.619. The predicted molar refractivity (Wildman–Crippen MR) is 114 cm³/mol. The van der Waals surface area contributed by atoms with Gasteiger partial charge in [0.1, 0.15) is 5.69 Å². The van der Waals surface area contributed by atoms with Crippen molar-refractivity contribution < 1.29 is 9.20 Å². The summed E-state index contributed by atoms with van der Waals surface area (Å²) in [5.41, 5.74) is 4.31. The van der Waals surface area contributed by atoms with Crippen LogP contribution in [0.1, 0.15) is 21.7 Å². The van der Waals surface area contributed by atoms with Gasteiger partial charge in [0.15, 0.2) is 11.2 Å². The first-order valence-corrected chi connectivity index (χ1v) is 10.1. The lowest BCUT2D eigenvalue weighted by molar-refractivity contribution is -0.479. The predicted octanol–water partition coefficient (Wildman–Crippen LogP) is 5.62. The van der Waals surface area contributed by atoms with Crippen LogP contribution in [0.2, 0.25) is 5.02 Å². The van der Waals surface area contributed by atoms with E-state index in [2.05, 4.69) is 33.2 Å². The second-order valence-electron chi connectivity index (χ2n) is 6.63. The Hall–Kier alpha value is -2.95. The molecular weight excluding hydrogens is 388 g/mol. The Morgan fingerprint density at radius 1 is 0.929 bits per heavy atom. The SMILES string of the molecule is Cc1c(C(=O)c2ccc(Cl)cc2)[n+]2c3ccccc3sc2n1-c1ccccc1. The van der Waals surface area contributed by atoms with E-state index in [9.17, 15) is 4.79 Å². The maximum atomic E-state index is 13.5. The molecule has 2 heterocycles. The van der Waals surface area contributed by atoms with Gasteiger partial charge in [0.05, 0.1) is 4.70 Å². The lowest BCUT2D eigenvalue weighted by Gasteiger charge is -2.00. The first kappa shape index (κ1) is 17.2. The van der Waals surface area contributed by atoms with Crippen molar-refractivity contribution in [2.75, 3.05) is 0 Å². The van der Waals surface area contributed by atoms with Crippen molar-refractivity contribution in [3.8, 4) is 5.69 Å². The molecular formula is C23H16ClN2OS+. The van der Waals surface area contributed by atoms with Crippen LogP contribution in [-0.4, -0.2) is 10.4 Å². The molecule has 0 saturated carbocycles. The summed E-state index contributed by atoms with van der Waals surface area (Å²) in [6, 6.07) is 25.4. The Labute approximate surface area is 171 Å². The van der Waals surface area contributed by atoms with E-state index in [1.807, 2.05) is 37.3 Å². The fourth-order valence-corrected chi connectivity index (χ4v) is 4.98. The number of ketones is 1. The summed E-state index contributed by atoms with van der Waals surface area (Å²) in [7, 11) is 0. The molecule has 3 nitrogen and oxygen atoms in total. The number of thiazole rings is 1. The minimum absolute atomic E-state index is 0.0117. The van der Waals surface area contributed by atoms with E-state index in [-0.39, 0.29) is 5.78 Å². The van der Waals surface area contributed by atoms with Crippen LogP contribution in [0.25, 0.3) is 20.9 Å². The third kappa shape index (κ3) is 2.57. The number of halogens is 1. The highest BCUT2D eigenvalue weighted by Crippen LogP contribution is 2.29. The fraction of sp³-hybridized carbons (Fsp3) is 0.0435. The lowest BCUT2D eigenvalue weighted by atomic mass is 10.1. The summed E-state index contributed by atoms with van der Waals surface area (Å²) in [5.74, 6) is -0.0117. The van der Waals surface area contributed by atoms with Gasteiger partial charge in [-0.15, -0.1) is 0 Å². The van der Waals surface area contributed by atoms with Crippen LogP contribution in [-0.2, 0) is 0 Å². The maximum Gasteiger partial charge on any atom is 0.352 e. The molecule has 0 N–H and O–H groups in total. The van der Waals surface area contributed by atoms with Crippen molar-refractivity contribution in [2.45, 2.75) is 6.92 Å². The van der Waals surface area contributed by atoms with Gasteiger partial charge >= 0.3 is 4.96 Å². The Balaban J connectivity index is 1.87. The van der Waals surface area contributed by atoms with Crippen molar-refractivity contribution in [3.05, 3.63) is 101 Å². The Bertz CT molecular complexity index is 1330. The molecule has 0 aliphatic carbocycles. The van der Waals surface area contributed by atoms with E-state index in [0.717, 1.165) is 26.6 Å². The van der Waals surface area contributed by atoms with Gasteiger partial charge in [-0.2, -0.15) is 8.97 Å². The van der Waals surface area contributed by atoms with E-state index in [4.69, 9.17) is 11.6 Å². The van der Waals surface area contributed by atoms with Gasteiger partial charge in [-0.25, -0.2) is 0 Å². The van der Waals surface area contributed by atoms with E-state index >= 15 is 0 Å². The molecule has 0 atom stereocenters. The third-order valence-corrected chi connectivity index (χ3v) is 6.29. The zero-order valence-corrected chi connectivity index (χ0v) is 16.7. The molecule has 0 saturated heterocycles. The van der Waals surface area contributed by atoms with Gasteiger partial charge in [0, 0.05) is 17.5 Å². The first-order chi connectivity index (χ1) is 13.6. The average Bonchev–Trinajstić information content (AvgIpc) is 3.22. The van der Waals surface area contributed by atoms with Crippen LogP contribution in [0.4, 0.5) is 0 Å². The molecule has 3 aromatic carbocycles. The molecule has 5 rings (SSSR count). The van der Waals surface area contributed by atoms with Crippen molar-refractivity contribution >= 4 is 43.9 Å². The van der Waals surface area contributed by atoms with Crippen LogP contribution in [0.5, 0.6) is 0 Å². The molecule has 0 amide bonds. The van der Waals surface area contributed by atoms with E-state index in [1.165, 1.54) is 0 Å². The summed E-state index contributed by atoms with van der Waals surface area (Å²) >= 11 is 7.70. The monoisotopic (exact) mass is 403 g/mol. The molecule has 2 aromatic heterocycles. The highest BCUT2D eigenvalue weighted by atomic mass is 35.5. The smallest absolute Gasteiger partial charge is 0.284 e. The number of carbonyl (C=O) groups excluding carboxylic acids is 1. The minimum Gasteiger partial charge on any atom is -0.284 e. The zero-order valence-electron chi connectivity index (χ0n) is 15.1. The molecule has 0 fully saturated rings. The molecule has 0 aliphatic rings. The molecule has 5 aromatic rings. The minimum atomic E-state index is -0.0117. The van der Waals surface area contributed by atoms with Crippen LogP contribution < -0.4 is 4.40 Å². The molecule has 0 aliphatic heterocycles. The average molecular weight is 404 g/mol. The number of para-hydroxylation sites is 2. The van der Waals surface area contributed by atoms with E-state index in [1.54, 1.807) is 35.6 Å². The van der Waals surface area contributed by atoms with Gasteiger partial charge in [0.2, 0.25) is 11.5 Å². The second-order valence-corrected chi connectivity index (χ2v) is 8.07. The molecule has 0 bridgehead atoms. The Morgan fingerprint density at radius 2 is 1.61 bits per heavy atom. The molecule has 0 unspecified atom stereocenters. The number of aromatic nitrogens is 2. The van der Waals surface area contributed by atoms with Gasteiger partial charge in [-0.05, 0) is 59.9 Å². The lowest BCUT2D eigenvalue weighted by Crippen LogP contribution is -2.27. The second kappa shape index (κ2) is 6.59. The number of nitrogens with zero attached hydrogens (tertiary/aromatic N) is 2. The largest absolute Gasteiger partial charge is 0.352 e. The number of imidazole rings is 1. The molecule has 28 heavy (non-hydrogen) atoms. The Morgan fingerprint density at radius 3 is 2.36 bits per heavy atom. The highest BCUT2D eigenvalue weighted by Gasteiger charge is 2.32. The normalized spacial score (nSPS) is 11.4. The van der Waals surface area contributed by atoms with Crippen molar-refractivity contribution in [2.24, 2.45) is 0 Å². The number of rotatable bonds is 3. The van der Waals surface area contributed by atoms with Crippen LogP contribution in [0.3, 0.4) is 0 Å². The summed E-state index contributed by atoms with van der Waals surface area (Å²) in [4.78, 5) is 14.5. The van der Waals surface area contributed by atoms with Crippen molar-refractivity contribution in [3.63, 3.8) is 0 Å². The van der Waals surface area contributed by atoms with Crippen molar-refractivity contribution in [1.82, 2.24) is 4.57 Å². The number of fused-ring (bicyclic) bond motifs is 3. The van der Waals surface area contributed by atoms with Gasteiger partial charge in [-0.3, -0.25) is 4.79 Å². The number of hydrogen-bond acceptors (Lipinski definition) is 2. The number of benzene rings is 3. The quantitative estimate of drug-likeness (QED) is 0.283. The van der Waals surface area contributed by atoms with Gasteiger partial charge in [0.25, 0.3) is 0 Å². The molecule has 5 heteroatoms. The van der Waals surface area contributed by atoms with E-state index in [0.29, 0.717) is 16.3 Å². The number of carbonyl (C=O) groups is 1. The fourth-order valence-electron chi connectivity index (χ4n) is 3.63. The zero-order chi connectivity index (χ0) is 19.3. The topological polar surface area (TPSA) is 26.1 Å². The maximum absolute atomic E-state index is 13.5. The van der Waals surface area contributed by atoms with E-state index < -0.39 is 0 Å². The molecule has 0 radical (unpaired) electrons. The third-order valence-electron chi connectivity index (χ3n) is 4.93. The summed E-state index contributed by atoms with van der Waals surface area (Å²) in [6.45, 7) is 2.00. The van der Waals surface area contributed by atoms with Crippen LogP contribution >= 0.6 is 22.9 Å². The van der Waals surface area contributed by atoms with Crippen LogP contribution in [0.15, 0.2) is 78.9 Å².